The molecule has 7 heteroatoms. The van der Waals surface area contributed by atoms with Gasteiger partial charge in [0.25, 0.3) is 5.91 Å². The van der Waals surface area contributed by atoms with Crippen LogP contribution in [0.1, 0.15) is 33.5 Å². The first-order valence-corrected chi connectivity index (χ1v) is 9.90. The van der Waals surface area contributed by atoms with Crippen LogP contribution in [0, 0.1) is 13.8 Å². The summed E-state index contributed by atoms with van der Waals surface area (Å²) in [6, 6.07) is 13.7. The van der Waals surface area contributed by atoms with Gasteiger partial charge >= 0.3 is 0 Å². The van der Waals surface area contributed by atoms with Crippen molar-refractivity contribution in [2.45, 2.75) is 26.0 Å². The number of morpholine rings is 1. The first kappa shape index (κ1) is 19.5. The number of benzene rings is 1. The number of aryl methyl sites for hydroxylation is 2. The van der Waals surface area contributed by atoms with E-state index >= 15 is 0 Å². The molecule has 3 aromatic rings. The standard InChI is InChI=1S/C22H27N5O2/c1-15-12-16(2)27-20(23-15)13-18(24-27)22(28)26-10-11-29-19(14-25(3)4)21(26)17-8-6-5-7-9-17/h5-9,12-13,19,21H,10-11,14H2,1-4H3/t19-,21-/m0/s1. The Balaban J connectivity index is 1.72. The molecule has 1 aliphatic rings. The molecule has 0 N–H and O–H groups in total. The smallest absolute Gasteiger partial charge is 0.275 e. The van der Waals surface area contributed by atoms with Gasteiger partial charge in [0, 0.05) is 30.5 Å². The third-order valence-electron chi connectivity index (χ3n) is 5.25. The molecule has 0 spiro atoms. The second kappa shape index (κ2) is 7.93. The van der Waals surface area contributed by atoms with Crippen LogP contribution in [0.5, 0.6) is 0 Å². The fourth-order valence-corrected chi connectivity index (χ4v) is 4.06. The van der Waals surface area contributed by atoms with Gasteiger partial charge in [0.05, 0.1) is 18.8 Å². The minimum atomic E-state index is -0.166. The molecule has 0 radical (unpaired) electrons. The molecule has 0 saturated carbocycles. The third-order valence-corrected chi connectivity index (χ3v) is 5.25. The van der Waals surface area contributed by atoms with E-state index in [-0.39, 0.29) is 18.1 Å². The van der Waals surface area contributed by atoms with Crippen molar-refractivity contribution in [3.05, 3.63) is 65.1 Å². The number of carbonyl (C=O) groups is 1. The Morgan fingerprint density at radius 3 is 2.69 bits per heavy atom. The van der Waals surface area contributed by atoms with E-state index in [4.69, 9.17) is 4.74 Å². The van der Waals surface area contributed by atoms with Crippen LogP contribution in [0.25, 0.3) is 5.65 Å². The number of ether oxygens (including phenoxy) is 1. The monoisotopic (exact) mass is 393 g/mol. The molecule has 152 valence electrons. The van der Waals surface area contributed by atoms with Crippen molar-refractivity contribution in [2.24, 2.45) is 0 Å². The summed E-state index contributed by atoms with van der Waals surface area (Å²) < 4.78 is 7.82. The quantitative estimate of drug-likeness (QED) is 0.682. The minimum absolute atomic E-state index is 0.0894. The van der Waals surface area contributed by atoms with E-state index in [2.05, 4.69) is 27.1 Å². The summed E-state index contributed by atoms with van der Waals surface area (Å²) in [7, 11) is 4.04. The topological polar surface area (TPSA) is 63.0 Å². The zero-order chi connectivity index (χ0) is 20.5. The molecule has 29 heavy (non-hydrogen) atoms. The lowest BCUT2D eigenvalue weighted by Crippen LogP contribution is -2.51. The maximum absolute atomic E-state index is 13.5. The first-order chi connectivity index (χ1) is 13.9. The maximum atomic E-state index is 13.5. The number of fused-ring (bicyclic) bond motifs is 1. The van der Waals surface area contributed by atoms with Crippen molar-refractivity contribution >= 4 is 11.6 Å². The molecule has 4 rings (SSSR count). The van der Waals surface area contributed by atoms with Crippen LogP contribution in [-0.2, 0) is 4.74 Å². The Morgan fingerprint density at radius 1 is 1.21 bits per heavy atom. The second-order valence-corrected chi connectivity index (χ2v) is 7.86. The number of nitrogens with zero attached hydrogens (tertiary/aromatic N) is 5. The molecule has 2 atom stereocenters. The predicted molar refractivity (Wildman–Crippen MR) is 111 cm³/mol. The molecular formula is C22H27N5O2. The highest BCUT2D eigenvalue weighted by molar-refractivity contribution is 5.93. The summed E-state index contributed by atoms with van der Waals surface area (Å²) in [6.45, 7) is 5.69. The predicted octanol–water partition coefficient (Wildman–Crippen LogP) is 2.49. The average Bonchev–Trinajstić information content (AvgIpc) is 3.12. The van der Waals surface area contributed by atoms with Gasteiger partial charge in [0.1, 0.15) is 0 Å². The van der Waals surface area contributed by atoms with E-state index < -0.39 is 0 Å². The molecule has 1 aliphatic heterocycles. The highest BCUT2D eigenvalue weighted by Gasteiger charge is 2.37. The highest BCUT2D eigenvalue weighted by atomic mass is 16.5. The summed E-state index contributed by atoms with van der Waals surface area (Å²) in [4.78, 5) is 22.0. The molecule has 2 aromatic heterocycles. The highest BCUT2D eigenvalue weighted by Crippen LogP contribution is 2.31. The van der Waals surface area contributed by atoms with Crippen molar-refractivity contribution in [1.82, 2.24) is 24.4 Å². The zero-order valence-electron chi connectivity index (χ0n) is 17.4. The third kappa shape index (κ3) is 3.88. The normalized spacial score (nSPS) is 19.8. The Labute approximate surface area is 170 Å². The zero-order valence-corrected chi connectivity index (χ0v) is 17.4. The van der Waals surface area contributed by atoms with Gasteiger partial charge < -0.3 is 14.5 Å². The second-order valence-electron chi connectivity index (χ2n) is 7.86. The Hall–Kier alpha value is -2.77. The van der Waals surface area contributed by atoms with Gasteiger partial charge in [-0.15, -0.1) is 0 Å². The summed E-state index contributed by atoms with van der Waals surface area (Å²) in [6.07, 6.45) is -0.107. The van der Waals surface area contributed by atoms with Gasteiger partial charge in [-0.1, -0.05) is 30.3 Å². The molecule has 0 unspecified atom stereocenters. The number of rotatable bonds is 4. The van der Waals surface area contributed by atoms with Crippen molar-refractivity contribution in [3.63, 3.8) is 0 Å². The summed E-state index contributed by atoms with van der Waals surface area (Å²) >= 11 is 0. The number of likely N-dealkylation sites (N-methyl/N-ethyl adjacent to an activating group) is 1. The van der Waals surface area contributed by atoms with Gasteiger partial charge in [-0.3, -0.25) is 4.79 Å². The molecule has 3 heterocycles. The molecular weight excluding hydrogens is 366 g/mol. The number of hydrogen-bond donors (Lipinski definition) is 0. The average molecular weight is 393 g/mol. The first-order valence-electron chi connectivity index (χ1n) is 9.90. The Morgan fingerprint density at radius 2 is 1.97 bits per heavy atom. The van der Waals surface area contributed by atoms with E-state index in [9.17, 15) is 4.79 Å². The number of carbonyl (C=O) groups excluding carboxylic acids is 1. The van der Waals surface area contributed by atoms with E-state index in [1.54, 1.807) is 10.6 Å². The van der Waals surface area contributed by atoms with Crippen LogP contribution in [0.4, 0.5) is 0 Å². The Bertz CT molecular complexity index is 1010. The fraction of sp³-hybridized carbons (Fsp3) is 0.409. The summed E-state index contributed by atoms with van der Waals surface area (Å²) in [5.74, 6) is -0.0894. The van der Waals surface area contributed by atoms with Crippen LogP contribution in [-0.4, -0.2) is 70.2 Å². The lowest BCUT2D eigenvalue weighted by Gasteiger charge is -2.42. The molecule has 1 aromatic carbocycles. The van der Waals surface area contributed by atoms with E-state index in [1.807, 2.05) is 57.1 Å². The van der Waals surface area contributed by atoms with Crippen LogP contribution < -0.4 is 0 Å². The van der Waals surface area contributed by atoms with E-state index in [1.165, 1.54) is 0 Å². The van der Waals surface area contributed by atoms with Gasteiger partial charge in [0.15, 0.2) is 11.3 Å². The van der Waals surface area contributed by atoms with Crippen molar-refractivity contribution in [3.8, 4) is 0 Å². The Kier molecular flexibility index (Phi) is 5.34. The van der Waals surface area contributed by atoms with Crippen molar-refractivity contribution in [2.75, 3.05) is 33.8 Å². The number of hydrogen-bond acceptors (Lipinski definition) is 5. The van der Waals surface area contributed by atoms with Crippen molar-refractivity contribution in [1.29, 1.82) is 0 Å². The lowest BCUT2D eigenvalue weighted by atomic mass is 9.97. The number of aromatic nitrogens is 3. The van der Waals surface area contributed by atoms with Gasteiger partial charge in [0.2, 0.25) is 0 Å². The van der Waals surface area contributed by atoms with Crippen LogP contribution >= 0.6 is 0 Å². The van der Waals surface area contributed by atoms with Crippen LogP contribution in [0.2, 0.25) is 0 Å². The van der Waals surface area contributed by atoms with E-state index in [0.717, 1.165) is 23.5 Å². The minimum Gasteiger partial charge on any atom is -0.373 e. The fourth-order valence-electron chi connectivity index (χ4n) is 4.06. The molecule has 1 saturated heterocycles. The largest absolute Gasteiger partial charge is 0.373 e. The summed E-state index contributed by atoms with van der Waals surface area (Å²) in [5, 5.41) is 4.55. The number of amides is 1. The maximum Gasteiger partial charge on any atom is 0.275 e. The van der Waals surface area contributed by atoms with Crippen LogP contribution in [0.3, 0.4) is 0 Å². The molecule has 0 bridgehead atoms. The molecule has 7 nitrogen and oxygen atoms in total. The summed E-state index contributed by atoms with van der Waals surface area (Å²) in [5.41, 5.74) is 4.05. The lowest BCUT2D eigenvalue weighted by molar-refractivity contribution is -0.0686. The van der Waals surface area contributed by atoms with Crippen LogP contribution in [0.15, 0.2) is 42.5 Å². The van der Waals surface area contributed by atoms with Gasteiger partial charge in [-0.05, 0) is 39.6 Å². The van der Waals surface area contributed by atoms with E-state index in [0.29, 0.717) is 24.5 Å². The molecule has 1 amide bonds. The van der Waals surface area contributed by atoms with Gasteiger partial charge in [-0.25, -0.2) is 9.50 Å². The van der Waals surface area contributed by atoms with Gasteiger partial charge in [-0.2, -0.15) is 5.10 Å². The van der Waals surface area contributed by atoms with Crippen molar-refractivity contribution < 1.29 is 9.53 Å². The SMILES string of the molecule is Cc1cc(C)n2nc(C(=O)N3CCO[C@@H](CN(C)C)[C@@H]3c3ccccc3)cc2n1. The molecule has 1 fully saturated rings. The molecule has 0 aliphatic carbocycles.